The van der Waals surface area contributed by atoms with Gasteiger partial charge in [0.2, 0.25) is 0 Å². The number of phenols is 1. The SMILES string of the molecule is Cc1cc(C)c(O)c(-c2cccc(-c3[c-]c(N(c4ccccc4)c4ccccn4)ccc3)n2)c1.[Pt]. The van der Waals surface area contributed by atoms with Crippen LogP contribution in [0.2, 0.25) is 0 Å². The summed E-state index contributed by atoms with van der Waals surface area (Å²) in [6.45, 7) is 3.93. The van der Waals surface area contributed by atoms with E-state index in [4.69, 9.17) is 4.98 Å². The van der Waals surface area contributed by atoms with Crippen molar-refractivity contribution < 1.29 is 26.2 Å². The molecule has 176 valence electrons. The van der Waals surface area contributed by atoms with Crippen LogP contribution >= 0.6 is 0 Å². The van der Waals surface area contributed by atoms with Crippen molar-refractivity contribution in [3.63, 3.8) is 0 Å². The van der Waals surface area contributed by atoms with Gasteiger partial charge in [-0.05, 0) is 72.8 Å². The summed E-state index contributed by atoms with van der Waals surface area (Å²) < 4.78 is 0. The molecule has 3 aromatic carbocycles. The van der Waals surface area contributed by atoms with Crippen LogP contribution < -0.4 is 4.90 Å². The smallest absolute Gasteiger partial charge is 0.136 e. The van der Waals surface area contributed by atoms with Crippen molar-refractivity contribution in [2.45, 2.75) is 13.8 Å². The number of benzene rings is 3. The van der Waals surface area contributed by atoms with Gasteiger partial charge in [-0.1, -0.05) is 42.5 Å². The van der Waals surface area contributed by atoms with E-state index < -0.39 is 0 Å². The van der Waals surface area contributed by atoms with E-state index in [0.29, 0.717) is 0 Å². The Morgan fingerprint density at radius 3 is 2.29 bits per heavy atom. The largest absolute Gasteiger partial charge is 0.507 e. The van der Waals surface area contributed by atoms with Crippen LogP contribution in [-0.4, -0.2) is 15.1 Å². The van der Waals surface area contributed by atoms with Crippen molar-refractivity contribution in [2.75, 3.05) is 4.90 Å². The van der Waals surface area contributed by atoms with Gasteiger partial charge in [-0.25, -0.2) is 4.98 Å². The molecule has 2 heterocycles. The maximum atomic E-state index is 10.6. The molecule has 5 aromatic rings. The Morgan fingerprint density at radius 1 is 0.771 bits per heavy atom. The van der Waals surface area contributed by atoms with Gasteiger partial charge in [0.05, 0.1) is 5.69 Å². The molecular weight excluding hydrogens is 613 g/mol. The van der Waals surface area contributed by atoms with Crippen LogP contribution in [0.1, 0.15) is 11.1 Å². The van der Waals surface area contributed by atoms with E-state index in [2.05, 4.69) is 28.1 Å². The summed E-state index contributed by atoms with van der Waals surface area (Å²) in [6, 6.07) is 35.3. The number of aryl methyl sites for hydroxylation is 2. The molecule has 0 spiro atoms. The standard InChI is InChI=1S/C30H24N3O.Pt/c1-21-18-22(2)30(34)26(19-21)28-15-9-14-27(32-28)23-10-8-13-25(20-23)33(24-11-4-3-5-12-24)29-16-6-7-17-31-29;/h3-19,34H,1-2H3;/q-1;. The number of hydrogen-bond acceptors (Lipinski definition) is 4. The van der Waals surface area contributed by atoms with Gasteiger partial charge in [0.1, 0.15) is 11.6 Å². The van der Waals surface area contributed by atoms with Crippen molar-refractivity contribution in [3.05, 3.63) is 120 Å². The Morgan fingerprint density at radius 2 is 1.51 bits per heavy atom. The van der Waals surface area contributed by atoms with Crippen molar-refractivity contribution in [2.24, 2.45) is 0 Å². The quantitative estimate of drug-likeness (QED) is 0.204. The zero-order valence-electron chi connectivity index (χ0n) is 19.4. The number of aromatic nitrogens is 2. The first-order chi connectivity index (χ1) is 16.6. The molecule has 0 saturated heterocycles. The minimum Gasteiger partial charge on any atom is -0.507 e. The number of phenolic OH excluding ortho intramolecular Hbond substituents is 1. The summed E-state index contributed by atoms with van der Waals surface area (Å²) in [7, 11) is 0. The first-order valence-corrected chi connectivity index (χ1v) is 11.2. The summed E-state index contributed by atoms with van der Waals surface area (Å²) in [5.41, 5.74) is 6.89. The Labute approximate surface area is 220 Å². The molecule has 0 saturated carbocycles. The molecule has 0 bridgehead atoms. The van der Waals surface area contributed by atoms with E-state index in [-0.39, 0.29) is 26.8 Å². The number of para-hydroxylation sites is 1. The fourth-order valence-corrected chi connectivity index (χ4v) is 4.08. The van der Waals surface area contributed by atoms with E-state index in [9.17, 15) is 5.11 Å². The second-order valence-corrected chi connectivity index (χ2v) is 8.19. The maximum absolute atomic E-state index is 10.6. The van der Waals surface area contributed by atoms with Crippen molar-refractivity contribution in [3.8, 4) is 28.3 Å². The average molecular weight is 638 g/mol. The summed E-state index contributed by atoms with van der Waals surface area (Å²) in [4.78, 5) is 11.5. The minimum absolute atomic E-state index is 0. The van der Waals surface area contributed by atoms with Crippen LogP contribution in [0.15, 0.2) is 103 Å². The fraction of sp³-hybridized carbons (Fsp3) is 0.0667. The van der Waals surface area contributed by atoms with Crippen LogP contribution in [0.4, 0.5) is 17.2 Å². The molecule has 0 unspecified atom stereocenters. The molecule has 2 aromatic heterocycles. The Kier molecular flexibility index (Phi) is 7.43. The molecule has 5 heteroatoms. The van der Waals surface area contributed by atoms with Crippen LogP contribution in [0.3, 0.4) is 0 Å². The normalized spacial score (nSPS) is 10.5. The van der Waals surface area contributed by atoms with Crippen molar-refractivity contribution >= 4 is 17.2 Å². The second-order valence-electron chi connectivity index (χ2n) is 8.19. The van der Waals surface area contributed by atoms with Crippen molar-refractivity contribution in [1.29, 1.82) is 0 Å². The molecule has 35 heavy (non-hydrogen) atoms. The Balaban J connectivity index is 0.00000289. The number of pyridine rings is 2. The van der Waals surface area contributed by atoms with E-state index in [0.717, 1.165) is 50.8 Å². The third kappa shape index (κ3) is 5.18. The summed E-state index contributed by atoms with van der Waals surface area (Å²) in [5.74, 6) is 1.07. The minimum atomic E-state index is 0. The van der Waals surface area contributed by atoms with Gasteiger partial charge in [-0.3, -0.25) is 4.98 Å². The molecule has 0 fully saturated rings. The number of hydrogen-bond donors (Lipinski definition) is 1. The number of aromatic hydroxyl groups is 1. The molecule has 5 rings (SSSR count). The van der Waals surface area contributed by atoms with Gasteiger partial charge >= 0.3 is 0 Å². The first-order valence-electron chi connectivity index (χ1n) is 11.2. The number of rotatable bonds is 5. The predicted molar refractivity (Wildman–Crippen MR) is 138 cm³/mol. The van der Waals surface area contributed by atoms with Gasteiger partial charge in [-0.15, -0.1) is 29.8 Å². The van der Waals surface area contributed by atoms with Gasteiger partial charge in [0.25, 0.3) is 0 Å². The van der Waals surface area contributed by atoms with Gasteiger partial charge < -0.3 is 10.0 Å². The second kappa shape index (κ2) is 10.7. The summed E-state index contributed by atoms with van der Waals surface area (Å²) in [5, 5.41) is 10.6. The predicted octanol–water partition coefficient (Wildman–Crippen LogP) is 7.40. The molecule has 0 aliphatic carbocycles. The third-order valence-corrected chi connectivity index (χ3v) is 5.66. The number of nitrogens with zero attached hydrogens (tertiary/aromatic N) is 3. The summed E-state index contributed by atoms with van der Waals surface area (Å²) in [6.07, 6.45) is 1.79. The Hall–Kier alpha value is -3.75. The van der Waals surface area contributed by atoms with Crippen LogP contribution in [-0.2, 0) is 21.1 Å². The molecular formula is C30H24N3OPt-. The molecule has 0 aliphatic heterocycles. The van der Waals surface area contributed by atoms with E-state index >= 15 is 0 Å². The molecule has 1 N–H and O–H groups in total. The van der Waals surface area contributed by atoms with Crippen LogP contribution in [0.5, 0.6) is 5.75 Å². The third-order valence-electron chi connectivity index (χ3n) is 5.66. The first kappa shape index (κ1) is 24.4. The molecule has 0 amide bonds. The Bertz CT molecular complexity index is 1400. The topological polar surface area (TPSA) is 49.2 Å². The summed E-state index contributed by atoms with van der Waals surface area (Å²) >= 11 is 0. The van der Waals surface area contributed by atoms with E-state index in [1.54, 1.807) is 6.20 Å². The van der Waals surface area contributed by atoms with Crippen molar-refractivity contribution in [1.82, 2.24) is 9.97 Å². The zero-order chi connectivity index (χ0) is 23.5. The molecule has 0 atom stereocenters. The monoisotopic (exact) mass is 637 g/mol. The molecule has 0 aliphatic rings. The van der Waals surface area contributed by atoms with Gasteiger partial charge in [0, 0.05) is 38.5 Å². The zero-order valence-corrected chi connectivity index (χ0v) is 21.7. The van der Waals surface area contributed by atoms with Crippen LogP contribution in [0, 0.1) is 19.9 Å². The fourth-order valence-electron chi connectivity index (χ4n) is 4.08. The van der Waals surface area contributed by atoms with E-state index in [1.165, 1.54) is 0 Å². The van der Waals surface area contributed by atoms with E-state index in [1.807, 2.05) is 98.8 Å². The van der Waals surface area contributed by atoms with Gasteiger partial charge in [-0.2, -0.15) is 0 Å². The average Bonchev–Trinajstić information content (AvgIpc) is 2.88. The van der Waals surface area contributed by atoms with Crippen LogP contribution in [0.25, 0.3) is 22.5 Å². The molecule has 0 radical (unpaired) electrons. The van der Waals surface area contributed by atoms with Gasteiger partial charge in [0.15, 0.2) is 0 Å². The molecule has 4 nitrogen and oxygen atoms in total. The number of anilines is 3. The maximum Gasteiger partial charge on any atom is 0.136 e.